The molecule has 0 amide bonds. The van der Waals surface area contributed by atoms with Gasteiger partial charge in [0.05, 0.1) is 10.8 Å². The van der Waals surface area contributed by atoms with Gasteiger partial charge in [0.15, 0.2) is 0 Å². The van der Waals surface area contributed by atoms with E-state index in [9.17, 15) is 9.59 Å². The molecule has 0 saturated carbocycles. The number of aryl methyl sites for hydroxylation is 1. The van der Waals surface area contributed by atoms with Gasteiger partial charge in [-0.05, 0) is 36.8 Å². The van der Waals surface area contributed by atoms with Gasteiger partial charge in [-0.3, -0.25) is 9.59 Å². The van der Waals surface area contributed by atoms with Crippen LogP contribution >= 0.6 is 0 Å². The van der Waals surface area contributed by atoms with Gasteiger partial charge in [-0.25, -0.2) is 0 Å². The van der Waals surface area contributed by atoms with Crippen LogP contribution in [0, 0.1) is 18.3 Å². The van der Waals surface area contributed by atoms with Crippen LogP contribution in [0.15, 0.2) is 62.5 Å². The van der Waals surface area contributed by atoms with Crippen molar-refractivity contribution in [1.29, 1.82) is 5.26 Å². The van der Waals surface area contributed by atoms with Crippen LogP contribution in [0.1, 0.15) is 11.3 Å². The molecule has 2 aromatic heterocycles. The fourth-order valence-electron chi connectivity index (χ4n) is 3.06. The summed E-state index contributed by atoms with van der Waals surface area (Å²) in [6.07, 6.45) is 0. The third-order valence-electron chi connectivity index (χ3n) is 4.25. The number of nitrogens with one attached hydrogen (secondary N) is 1. The summed E-state index contributed by atoms with van der Waals surface area (Å²) in [5.74, 6) is 0. The first-order valence-electron chi connectivity index (χ1n) is 7.69. The third-order valence-corrected chi connectivity index (χ3v) is 4.25. The third kappa shape index (κ3) is 2.24. The Kier molecular flexibility index (Phi) is 3.26. The molecule has 0 fully saturated rings. The molecular weight excluding hydrogens is 316 g/mol. The lowest BCUT2D eigenvalue weighted by molar-refractivity contribution is 0.660. The molecular formula is C20H12N2O3. The van der Waals surface area contributed by atoms with Gasteiger partial charge in [0.2, 0.25) is 5.43 Å². The van der Waals surface area contributed by atoms with E-state index in [2.05, 4.69) is 4.98 Å². The van der Waals surface area contributed by atoms with Crippen LogP contribution in [0.5, 0.6) is 0 Å². The van der Waals surface area contributed by atoms with Crippen molar-refractivity contribution in [2.24, 2.45) is 0 Å². The minimum absolute atomic E-state index is 0.00257. The molecule has 0 spiro atoms. The summed E-state index contributed by atoms with van der Waals surface area (Å²) >= 11 is 0. The minimum atomic E-state index is -0.443. The molecule has 0 bridgehead atoms. The molecule has 5 nitrogen and oxygen atoms in total. The molecule has 120 valence electrons. The number of pyridine rings is 1. The predicted octanol–water partition coefficient (Wildman–Crippen LogP) is 3.48. The predicted molar refractivity (Wildman–Crippen MR) is 95.5 cm³/mol. The fourth-order valence-corrected chi connectivity index (χ4v) is 3.06. The number of aromatic amines is 1. The van der Waals surface area contributed by atoms with Crippen LogP contribution in [-0.2, 0) is 0 Å². The maximum absolute atomic E-state index is 13.0. The molecule has 0 saturated heterocycles. The number of hydrogen-bond donors (Lipinski definition) is 1. The first kappa shape index (κ1) is 14.9. The molecule has 1 N–H and O–H groups in total. The van der Waals surface area contributed by atoms with E-state index in [-0.39, 0.29) is 11.0 Å². The van der Waals surface area contributed by atoms with Crippen molar-refractivity contribution in [1.82, 2.24) is 4.98 Å². The standard InChI is InChI=1S/C20H12N2O3/c1-11-15(9-12(10-21)20(24)22-11)13-6-4-8-17-18(13)19(23)14-5-2-3-7-16(14)25-17/h2-9H,1H3,(H,22,24). The van der Waals surface area contributed by atoms with Gasteiger partial charge in [-0.2, -0.15) is 5.26 Å². The average molecular weight is 328 g/mol. The normalized spacial score (nSPS) is 10.9. The fraction of sp³-hybridized carbons (Fsp3) is 0.0500. The highest BCUT2D eigenvalue weighted by Crippen LogP contribution is 2.30. The van der Waals surface area contributed by atoms with Gasteiger partial charge in [-0.15, -0.1) is 0 Å². The number of benzene rings is 2. The molecule has 25 heavy (non-hydrogen) atoms. The quantitative estimate of drug-likeness (QED) is 0.542. The zero-order valence-electron chi connectivity index (χ0n) is 13.3. The lowest BCUT2D eigenvalue weighted by Crippen LogP contribution is -2.12. The molecule has 2 heterocycles. The lowest BCUT2D eigenvalue weighted by atomic mass is 9.97. The van der Waals surface area contributed by atoms with Crippen molar-refractivity contribution in [3.05, 3.63) is 80.4 Å². The Hall–Kier alpha value is -3.65. The summed E-state index contributed by atoms with van der Waals surface area (Å²) in [6, 6.07) is 15.8. The maximum Gasteiger partial charge on any atom is 0.266 e. The van der Waals surface area contributed by atoms with Crippen molar-refractivity contribution in [2.45, 2.75) is 6.92 Å². The molecule has 0 aliphatic rings. The van der Waals surface area contributed by atoms with E-state index < -0.39 is 5.56 Å². The van der Waals surface area contributed by atoms with Crippen LogP contribution in [-0.4, -0.2) is 4.98 Å². The molecule has 0 aliphatic carbocycles. The molecule has 4 rings (SSSR count). The maximum atomic E-state index is 13.0. The van der Waals surface area contributed by atoms with Crippen molar-refractivity contribution in [2.75, 3.05) is 0 Å². The SMILES string of the molecule is Cc1[nH]c(=O)c(C#N)cc1-c1cccc2oc3ccccc3c(=O)c12. The van der Waals surface area contributed by atoms with Gasteiger partial charge in [0.25, 0.3) is 5.56 Å². The lowest BCUT2D eigenvalue weighted by Gasteiger charge is -2.10. The Morgan fingerprint density at radius 1 is 1.00 bits per heavy atom. The summed E-state index contributed by atoms with van der Waals surface area (Å²) in [4.78, 5) is 27.5. The number of fused-ring (bicyclic) bond motifs is 2. The minimum Gasteiger partial charge on any atom is -0.456 e. The van der Waals surface area contributed by atoms with Crippen LogP contribution in [0.2, 0.25) is 0 Å². The Morgan fingerprint density at radius 2 is 1.76 bits per heavy atom. The first-order valence-corrected chi connectivity index (χ1v) is 7.69. The van der Waals surface area contributed by atoms with E-state index in [1.165, 1.54) is 6.07 Å². The van der Waals surface area contributed by atoms with Crippen molar-refractivity contribution < 1.29 is 4.42 Å². The highest BCUT2D eigenvalue weighted by atomic mass is 16.3. The van der Waals surface area contributed by atoms with Gasteiger partial charge >= 0.3 is 0 Å². The summed E-state index contributed by atoms with van der Waals surface area (Å²) < 4.78 is 5.87. The van der Waals surface area contributed by atoms with Crippen LogP contribution in [0.25, 0.3) is 33.1 Å². The van der Waals surface area contributed by atoms with E-state index in [4.69, 9.17) is 9.68 Å². The smallest absolute Gasteiger partial charge is 0.266 e. The molecule has 5 heteroatoms. The Balaban J connectivity index is 2.17. The van der Waals surface area contributed by atoms with Crippen LogP contribution < -0.4 is 11.0 Å². The van der Waals surface area contributed by atoms with E-state index in [0.717, 1.165) is 0 Å². The number of nitrogens with zero attached hydrogens (tertiary/aromatic N) is 1. The van der Waals surface area contributed by atoms with E-state index >= 15 is 0 Å². The molecule has 0 unspecified atom stereocenters. The second kappa shape index (κ2) is 5.46. The monoisotopic (exact) mass is 328 g/mol. The number of aromatic nitrogens is 1. The van der Waals surface area contributed by atoms with Gasteiger partial charge in [0, 0.05) is 11.3 Å². The van der Waals surface area contributed by atoms with Gasteiger partial charge in [0.1, 0.15) is 22.8 Å². The van der Waals surface area contributed by atoms with E-state index in [0.29, 0.717) is 38.8 Å². The van der Waals surface area contributed by atoms with Crippen molar-refractivity contribution in [3.8, 4) is 17.2 Å². The topological polar surface area (TPSA) is 86.9 Å². The zero-order chi connectivity index (χ0) is 17.6. The Labute approximate surface area is 141 Å². The number of rotatable bonds is 1. The first-order chi connectivity index (χ1) is 12.1. The van der Waals surface area contributed by atoms with Gasteiger partial charge in [-0.1, -0.05) is 24.3 Å². The van der Waals surface area contributed by atoms with E-state index in [1.54, 1.807) is 43.3 Å². The highest BCUT2D eigenvalue weighted by molar-refractivity contribution is 5.99. The van der Waals surface area contributed by atoms with E-state index in [1.807, 2.05) is 12.1 Å². The number of para-hydroxylation sites is 1. The molecule has 0 atom stereocenters. The summed E-state index contributed by atoms with van der Waals surface area (Å²) in [6.45, 7) is 1.74. The summed E-state index contributed by atoms with van der Waals surface area (Å²) in [5, 5.41) is 10.1. The van der Waals surface area contributed by atoms with Crippen LogP contribution in [0.4, 0.5) is 0 Å². The summed E-state index contributed by atoms with van der Waals surface area (Å²) in [5.41, 5.74) is 2.25. The van der Waals surface area contributed by atoms with Gasteiger partial charge < -0.3 is 9.40 Å². The number of H-pyrrole nitrogens is 1. The summed E-state index contributed by atoms with van der Waals surface area (Å²) in [7, 11) is 0. The second-order valence-corrected chi connectivity index (χ2v) is 5.77. The van der Waals surface area contributed by atoms with Crippen molar-refractivity contribution >= 4 is 21.9 Å². The largest absolute Gasteiger partial charge is 0.456 e. The second-order valence-electron chi connectivity index (χ2n) is 5.77. The van der Waals surface area contributed by atoms with Crippen LogP contribution in [0.3, 0.4) is 0 Å². The number of nitriles is 1. The average Bonchev–Trinajstić information content (AvgIpc) is 2.62. The Morgan fingerprint density at radius 3 is 2.56 bits per heavy atom. The molecule has 4 aromatic rings. The zero-order valence-corrected chi connectivity index (χ0v) is 13.3. The molecule has 0 radical (unpaired) electrons. The number of hydrogen-bond acceptors (Lipinski definition) is 4. The molecule has 0 aliphatic heterocycles. The highest BCUT2D eigenvalue weighted by Gasteiger charge is 2.15. The van der Waals surface area contributed by atoms with Crippen molar-refractivity contribution in [3.63, 3.8) is 0 Å². The Bertz CT molecular complexity index is 1310. The molecule has 2 aromatic carbocycles.